The average molecular weight is 373 g/mol. The number of nitrogens with zero attached hydrogens (tertiary/aromatic N) is 2. The molecule has 0 unspecified atom stereocenters. The molecule has 5 N–H and O–H groups in total. The van der Waals surface area contributed by atoms with Crippen molar-refractivity contribution < 1.29 is 10.6 Å². The van der Waals surface area contributed by atoms with Crippen LogP contribution in [0.4, 0.5) is 4.39 Å². The number of hydrazine groups is 1. The molecular formula is C20H28FN5O. The Bertz CT molecular complexity index is 768. The first-order chi connectivity index (χ1) is 12.9. The van der Waals surface area contributed by atoms with Crippen LogP contribution in [0.2, 0.25) is 0 Å². The maximum absolute atomic E-state index is 13.5. The van der Waals surface area contributed by atoms with Gasteiger partial charge in [-0.3, -0.25) is 9.80 Å². The average Bonchev–Trinajstić information content (AvgIpc) is 3.48. The number of nitrogens with two attached hydrogens (primary N) is 2. The fraction of sp³-hybridized carbons (Fsp3) is 0.500. The Labute approximate surface area is 160 Å². The van der Waals surface area contributed by atoms with Crippen molar-refractivity contribution in [2.45, 2.75) is 56.5 Å². The molecule has 7 heteroatoms. The molecule has 0 spiro atoms. The van der Waals surface area contributed by atoms with E-state index in [1.165, 1.54) is 29.6 Å². The van der Waals surface area contributed by atoms with Crippen LogP contribution in [0.3, 0.4) is 0 Å². The Kier molecular flexibility index (Phi) is 5.66. The smallest absolute Gasteiger partial charge is 0.251 e. The summed E-state index contributed by atoms with van der Waals surface area (Å²) in [5.74, 6) is 5.41. The van der Waals surface area contributed by atoms with Gasteiger partial charge in [-0.15, -0.1) is 0 Å². The maximum atomic E-state index is 13.5. The highest BCUT2D eigenvalue weighted by molar-refractivity contribution is 5.94. The maximum Gasteiger partial charge on any atom is 0.251 e. The summed E-state index contributed by atoms with van der Waals surface area (Å²) in [6.45, 7) is 0. The molecule has 0 radical (unpaired) electrons. The molecule has 0 heterocycles. The van der Waals surface area contributed by atoms with Crippen molar-refractivity contribution in [1.29, 1.82) is 5.26 Å². The van der Waals surface area contributed by atoms with Gasteiger partial charge in [-0.25, -0.2) is 10.2 Å². The van der Waals surface area contributed by atoms with Gasteiger partial charge in [-0.1, -0.05) is 25.3 Å². The summed E-state index contributed by atoms with van der Waals surface area (Å²) in [5, 5.41) is 13.6. The highest BCUT2D eigenvalue weighted by Crippen LogP contribution is 2.39. The van der Waals surface area contributed by atoms with Crippen molar-refractivity contribution in [3.8, 4) is 6.07 Å². The van der Waals surface area contributed by atoms with E-state index in [1.54, 1.807) is 12.3 Å². The molecule has 0 bridgehead atoms. The molecule has 6 nitrogen and oxygen atoms in total. The number of hydrogen-bond donors (Lipinski definition) is 3. The van der Waals surface area contributed by atoms with Crippen molar-refractivity contribution in [3.63, 3.8) is 0 Å². The van der Waals surface area contributed by atoms with E-state index in [4.69, 9.17) is 11.6 Å². The Balaban J connectivity index is 0.00000280. The van der Waals surface area contributed by atoms with Crippen LogP contribution < -0.4 is 16.9 Å². The summed E-state index contributed by atoms with van der Waals surface area (Å²) >= 11 is 0. The molecule has 3 rings (SSSR count). The third-order valence-corrected chi connectivity index (χ3v) is 5.57. The van der Waals surface area contributed by atoms with E-state index in [0.717, 1.165) is 25.7 Å². The molecule has 27 heavy (non-hydrogen) atoms. The van der Waals surface area contributed by atoms with Gasteiger partial charge in [0.25, 0.3) is 5.91 Å². The van der Waals surface area contributed by atoms with E-state index in [9.17, 15) is 14.4 Å². The fourth-order valence-electron chi connectivity index (χ4n) is 3.71. The van der Waals surface area contributed by atoms with Gasteiger partial charge in [-0.2, -0.15) is 5.26 Å². The number of carbonyl (C=O) groups is 1. The monoisotopic (exact) mass is 373 g/mol. The summed E-state index contributed by atoms with van der Waals surface area (Å²) in [5.41, 5.74) is 6.32. The Morgan fingerprint density at radius 2 is 2.11 bits per heavy atom. The number of halogens is 1. The van der Waals surface area contributed by atoms with E-state index in [-0.39, 0.29) is 18.8 Å². The minimum atomic E-state index is -0.686. The van der Waals surface area contributed by atoms with Crippen molar-refractivity contribution in [2.24, 2.45) is 17.5 Å². The molecule has 2 fully saturated rings. The number of amides is 1. The normalized spacial score (nSPS) is 20.4. The molecule has 1 aromatic rings. The van der Waals surface area contributed by atoms with Gasteiger partial charge < -0.3 is 11.1 Å². The zero-order chi connectivity index (χ0) is 19.4. The van der Waals surface area contributed by atoms with Crippen LogP contribution >= 0.6 is 0 Å². The van der Waals surface area contributed by atoms with Gasteiger partial charge in [0.05, 0.1) is 12.1 Å². The second-order valence-corrected chi connectivity index (χ2v) is 7.54. The minimum Gasteiger partial charge on any atom is -0.399 e. The molecule has 2 aliphatic rings. The first-order valence-corrected chi connectivity index (χ1v) is 9.44. The number of carbonyl (C=O) groups excluding carboxylic acids is 1. The van der Waals surface area contributed by atoms with Crippen molar-refractivity contribution in [1.82, 2.24) is 10.3 Å². The van der Waals surface area contributed by atoms with Gasteiger partial charge in [0, 0.05) is 18.9 Å². The lowest BCUT2D eigenvalue weighted by atomic mass is 9.82. The molecule has 0 aliphatic heterocycles. The first-order valence-electron chi connectivity index (χ1n) is 9.44. The lowest BCUT2D eigenvalue weighted by molar-refractivity contribution is 0.0922. The standard InChI is InChI=1S/C20H26FN5O.H2/c21-16-8-4-7-15(11-16)19(27)25-18(14-5-2-1-3-6-14)17(23)12-26(24)20(13-22)9-10-20;/h4,7-8,11-12,14,18H,1-3,5-6,9-10,23-24H2,(H,25,27);1H/b17-12-;/t18-;/m0./s1. The lowest BCUT2D eigenvalue weighted by Crippen LogP contribution is -2.46. The van der Waals surface area contributed by atoms with E-state index >= 15 is 0 Å². The van der Waals surface area contributed by atoms with E-state index in [0.29, 0.717) is 18.5 Å². The molecule has 1 atom stereocenters. The number of benzene rings is 1. The van der Waals surface area contributed by atoms with Gasteiger partial charge >= 0.3 is 0 Å². The Hall–Kier alpha value is -2.59. The predicted octanol–water partition coefficient (Wildman–Crippen LogP) is 2.78. The Morgan fingerprint density at radius 1 is 1.41 bits per heavy atom. The van der Waals surface area contributed by atoms with Crippen molar-refractivity contribution >= 4 is 5.91 Å². The largest absolute Gasteiger partial charge is 0.399 e. The first kappa shape index (κ1) is 19.2. The molecular weight excluding hydrogens is 345 g/mol. The summed E-state index contributed by atoms with van der Waals surface area (Å²) in [4.78, 5) is 12.6. The summed E-state index contributed by atoms with van der Waals surface area (Å²) in [6, 6.07) is 7.40. The van der Waals surface area contributed by atoms with Crippen molar-refractivity contribution in [3.05, 3.63) is 47.5 Å². The number of nitriles is 1. The number of hydrogen-bond acceptors (Lipinski definition) is 5. The van der Waals surface area contributed by atoms with Crippen LogP contribution in [0.15, 0.2) is 36.2 Å². The molecule has 1 amide bonds. The van der Waals surface area contributed by atoms with Crippen LogP contribution in [0.25, 0.3) is 0 Å². The lowest BCUT2D eigenvalue weighted by Gasteiger charge is -2.32. The molecule has 0 saturated heterocycles. The van der Waals surface area contributed by atoms with E-state index < -0.39 is 17.4 Å². The van der Waals surface area contributed by atoms with Crippen LogP contribution in [-0.2, 0) is 0 Å². The SMILES string of the molecule is N#CC1(N(N)/C=C(\N)[C@@H](NC(=O)c2cccc(F)c2)C2CCCCC2)CC1.[HH]. The molecule has 2 saturated carbocycles. The van der Waals surface area contributed by atoms with Crippen LogP contribution in [0.5, 0.6) is 0 Å². The minimum absolute atomic E-state index is 0. The third-order valence-electron chi connectivity index (χ3n) is 5.57. The molecule has 0 aromatic heterocycles. The quantitative estimate of drug-likeness (QED) is 0.525. The van der Waals surface area contributed by atoms with Gasteiger partial charge in [0.1, 0.15) is 11.4 Å². The van der Waals surface area contributed by atoms with Crippen molar-refractivity contribution in [2.75, 3.05) is 0 Å². The van der Waals surface area contributed by atoms with Crippen LogP contribution in [-0.4, -0.2) is 22.5 Å². The summed E-state index contributed by atoms with van der Waals surface area (Å²) in [7, 11) is 0. The van der Waals surface area contributed by atoms with E-state index in [2.05, 4.69) is 11.4 Å². The predicted molar refractivity (Wildman–Crippen MR) is 102 cm³/mol. The second-order valence-electron chi connectivity index (χ2n) is 7.54. The van der Waals surface area contributed by atoms with Crippen LogP contribution in [0, 0.1) is 23.1 Å². The second kappa shape index (κ2) is 7.97. The summed E-state index contributed by atoms with van der Waals surface area (Å²) < 4.78 is 13.5. The van der Waals surface area contributed by atoms with Gasteiger partial charge in [0.2, 0.25) is 0 Å². The van der Waals surface area contributed by atoms with Gasteiger partial charge in [-0.05, 0) is 49.8 Å². The third kappa shape index (κ3) is 4.40. The molecule has 146 valence electrons. The van der Waals surface area contributed by atoms with Crippen LogP contribution in [0.1, 0.15) is 56.7 Å². The van der Waals surface area contributed by atoms with E-state index in [1.807, 2.05) is 0 Å². The highest BCUT2D eigenvalue weighted by Gasteiger charge is 2.47. The Morgan fingerprint density at radius 3 is 2.70 bits per heavy atom. The number of nitrogens with one attached hydrogen (secondary N) is 1. The molecule has 2 aliphatic carbocycles. The zero-order valence-electron chi connectivity index (χ0n) is 15.3. The molecule has 1 aromatic carbocycles. The zero-order valence-corrected chi connectivity index (χ0v) is 15.3. The summed E-state index contributed by atoms with van der Waals surface area (Å²) in [6.07, 6.45) is 8.22. The fourth-order valence-corrected chi connectivity index (χ4v) is 3.71. The number of rotatable bonds is 6. The highest BCUT2D eigenvalue weighted by atomic mass is 19.1. The van der Waals surface area contributed by atoms with Gasteiger partial charge in [0.15, 0.2) is 0 Å². The topological polar surface area (TPSA) is 108 Å².